The molecule has 0 amide bonds. The highest BCUT2D eigenvalue weighted by Gasteiger charge is 2.22. The fraction of sp³-hybridized carbons (Fsp3) is 0.833. The van der Waals surface area contributed by atoms with Gasteiger partial charge in [0.25, 0.3) is 0 Å². The van der Waals surface area contributed by atoms with Crippen molar-refractivity contribution >= 4 is 0 Å². The number of rotatable bonds is 3. The number of piperidine rings is 1. The Bertz CT molecular complexity index is 194. The second-order valence-electron chi connectivity index (χ2n) is 4.82. The Morgan fingerprint density at radius 2 is 2.21 bits per heavy atom. The first-order valence-electron chi connectivity index (χ1n) is 5.65. The molecule has 2 atom stereocenters. The molecular formula is C12H24N2. The quantitative estimate of drug-likeness (QED) is 0.693. The first-order valence-corrected chi connectivity index (χ1v) is 5.65. The van der Waals surface area contributed by atoms with Gasteiger partial charge >= 0.3 is 0 Å². The zero-order valence-electron chi connectivity index (χ0n) is 10.0. The molecule has 82 valence electrons. The second kappa shape index (κ2) is 5.52. The van der Waals surface area contributed by atoms with E-state index in [1.807, 2.05) is 0 Å². The number of likely N-dealkylation sites (tertiary alicyclic amines) is 1. The standard InChI is InChI=1S/C12H24N2/c1-10(2)5-7-13-12-6-8-14(4)9-11(12)3/h5,11-13H,6-9H2,1-4H3. The predicted octanol–water partition coefficient (Wildman–Crippen LogP) is 1.88. The van der Waals surface area contributed by atoms with E-state index in [1.165, 1.54) is 25.1 Å². The molecule has 0 bridgehead atoms. The summed E-state index contributed by atoms with van der Waals surface area (Å²) in [4.78, 5) is 2.42. The highest BCUT2D eigenvalue weighted by atomic mass is 15.1. The van der Waals surface area contributed by atoms with Crippen LogP contribution >= 0.6 is 0 Å². The highest BCUT2D eigenvalue weighted by molar-refractivity contribution is 4.95. The van der Waals surface area contributed by atoms with Crippen LogP contribution in [0.5, 0.6) is 0 Å². The van der Waals surface area contributed by atoms with Crippen LogP contribution in [0.25, 0.3) is 0 Å². The molecule has 0 radical (unpaired) electrons. The monoisotopic (exact) mass is 196 g/mol. The van der Waals surface area contributed by atoms with E-state index < -0.39 is 0 Å². The van der Waals surface area contributed by atoms with Gasteiger partial charge in [-0.05, 0) is 39.8 Å². The smallest absolute Gasteiger partial charge is 0.0140 e. The van der Waals surface area contributed by atoms with E-state index in [0.29, 0.717) is 6.04 Å². The molecule has 0 aliphatic carbocycles. The van der Waals surface area contributed by atoms with Gasteiger partial charge in [0.1, 0.15) is 0 Å². The van der Waals surface area contributed by atoms with Gasteiger partial charge in [0.15, 0.2) is 0 Å². The number of hydrogen-bond acceptors (Lipinski definition) is 2. The average molecular weight is 196 g/mol. The Hall–Kier alpha value is -0.340. The van der Waals surface area contributed by atoms with E-state index in [0.717, 1.165) is 12.5 Å². The molecule has 1 saturated heterocycles. The van der Waals surface area contributed by atoms with Gasteiger partial charge in [-0.25, -0.2) is 0 Å². The van der Waals surface area contributed by atoms with Gasteiger partial charge in [-0.2, -0.15) is 0 Å². The molecule has 1 aliphatic rings. The van der Waals surface area contributed by atoms with Crippen LogP contribution in [0.3, 0.4) is 0 Å². The molecule has 2 nitrogen and oxygen atoms in total. The third-order valence-corrected chi connectivity index (χ3v) is 3.00. The van der Waals surface area contributed by atoms with Crippen molar-refractivity contribution in [1.29, 1.82) is 0 Å². The molecule has 1 N–H and O–H groups in total. The fourth-order valence-electron chi connectivity index (χ4n) is 2.07. The summed E-state index contributed by atoms with van der Waals surface area (Å²) in [6, 6.07) is 0.710. The minimum absolute atomic E-state index is 0.710. The van der Waals surface area contributed by atoms with Crippen molar-refractivity contribution in [2.24, 2.45) is 5.92 Å². The maximum atomic E-state index is 3.62. The third-order valence-electron chi connectivity index (χ3n) is 3.00. The van der Waals surface area contributed by atoms with Crippen LogP contribution in [0.4, 0.5) is 0 Å². The Morgan fingerprint density at radius 1 is 1.50 bits per heavy atom. The topological polar surface area (TPSA) is 15.3 Å². The number of allylic oxidation sites excluding steroid dienone is 1. The van der Waals surface area contributed by atoms with E-state index in [1.54, 1.807) is 0 Å². The third kappa shape index (κ3) is 3.81. The second-order valence-corrected chi connectivity index (χ2v) is 4.82. The average Bonchev–Trinajstić information content (AvgIpc) is 2.08. The zero-order chi connectivity index (χ0) is 10.6. The van der Waals surface area contributed by atoms with Gasteiger partial charge in [-0.15, -0.1) is 0 Å². The molecule has 1 heterocycles. The highest BCUT2D eigenvalue weighted by Crippen LogP contribution is 2.14. The summed E-state index contributed by atoms with van der Waals surface area (Å²) in [5, 5.41) is 3.62. The first kappa shape index (κ1) is 11.7. The van der Waals surface area contributed by atoms with Crippen LogP contribution < -0.4 is 5.32 Å². The molecule has 0 saturated carbocycles. The first-order chi connectivity index (χ1) is 6.59. The van der Waals surface area contributed by atoms with Crippen LogP contribution in [0, 0.1) is 5.92 Å². The molecule has 0 aromatic heterocycles. The Labute approximate surface area is 88.4 Å². The maximum Gasteiger partial charge on any atom is 0.0140 e. The summed E-state index contributed by atoms with van der Waals surface area (Å²) < 4.78 is 0. The normalized spacial score (nSPS) is 28.9. The van der Waals surface area contributed by atoms with Gasteiger partial charge < -0.3 is 10.2 Å². The van der Waals surface area contributed by atoms with Crippen molar-refractivity contribution in [3.05, 3.63) is 11.6 Å². The number of nitrogens with one attached hydrogen (secondary N) is 1. The van der Waals surface area contributed by atoms with Gasteiger partial charge in [-0.1, -0.05) is 18.6 Å². The van der Waals surface area contributed by atoms with Crippen molar-refractivity contribution in [1.82, 2.24) is 10.2 Å². The lowest BCUT2D eigenvalue weighted by Gasteiger charge is -2.35. The Kier molecular flexibility index (Phi) is 4.63. The molecule has 14 heavy (non-hydrogen) atoms. The maximum absolute atomic E-state index is 3.62. The van der Waals surface area contributed by atoms with Crippen molar-refractivity contribution < 1.29 is 0 Å². The van der Waals surface area contributed by atoms with E-state index in [-0.39, 0.29) is 0 Å². The van der Waals surface area contributed by atoms with Crippen LogP contribution in [-0.4, -0.2) is 37.6 Å². The summed E-state index contributed by atoms with van der Waals surface area (Å²) in [5.74, 6) is 0.777. The molecular weight excluding hydrogens is 172 g/mol. The fourth-order valence-corrected chi connectivity index (χ4v) is 2.07. The van der Waals surface area contributed by atoms with Crippen molar-refractivity contribution in [3.63, 3.8) is 0 Å². The Morgan fingerprint density at radius 3 is 2.79 bits per heavy atom. The van der Waals surface area contributed by atoms with Crippen molar-refractivity contribution in [3.8, 4) is 0 Å². The lowest BCUT2D eigenvalue weighted by molar-refractivity contribution is 0.178. The van der Waals surface area contributed by atoms with Crippen LogP contribution in [0.2, 0.25) is 0 Å². The SMILES string of the molecule is CC(C)=CCNC1CCN(C)CC1C. The lowest BCUT2D eigenvalue weighted by atomic mass is 9.94. The van der Waals surface area contributed by atoms with Gasteiger partial charge in [0, 0.05) is 19.1 Å². The van der Waals surface area contributed by atoms with E-state index in [9.17, 15) is 0 Å². The van der Waals surface area contributed by atoms with Crippen molar-refractivity contribution in [2.45, 2.75) is 33.2 Å². The predicted molar refractivity (Wildman–Crippen MR) is 62.5 cm³/mol. The summed E-state index contributed by atoms with van der Waals surface area (Å²) in [6.45, 7) is 10.1. The number of nitrogens with zero attached hydrogens (tertiary/aromatic N) is 1. The molecule has 0 spiro atoms. The summed E-state index contributed by atoms with van der Waals surface area (Å²) >= 11 is 0. The molecule has 2 unspecified atom stereocenters. The summed E-state index contributed by atoms with van der Waals surface area (Å²) in [7, 11) is 2.21. The van der Waals surface area contributed by atoms with Gasteiger partial charge in [-0.3, -0.25) is 0 Å². The molecule has 1 rings (SSSR count). The molecule has 0 aromatic carbocycles. The summed E-state index contributed by atoms with van der Waals surface area (Å²) in [5.41, 5.74) is 1.40. The summed E-state index contributed by atoms with van der Waals surface area (Å²) in [6.07, 6.45) is 3.55. The molecule has 1 aliphatic heterocycles. The van der Waals surface area contributed by atoms with Gasteiger partial charge in [0.05, 0.1) is 0 Å². The zero-order valence-corrected chi connectivity index (χ0v) is 10.0. The Balaban J connectivity index is 2.27. The minimum Gasteiger partial charge on any atom is -0.310 e. The minimum atomic E-state index is 0.710. The van der Waals surface area contributed by atoms with Gasteiger partial charge in [0.2, 0.25) is 0 Å². The van der Waals surface area contributed by atoms with Crippen LogP contribution in [0.1, 0.15) is 27.2 Å². The van der Waals surface area contributed by atoms with E-state index >= 15 is 0 Å². The van der Waals surface area contributed by atoms with E-state index in [4.69, 9.17) is 0 Å². The largest absolute Gasteiger partial charge is 0.310 e. The lowest BCUT2D eigenvalue weighted by Crippen LogP contribution is -2.46. The molecule has 1 fully saturated rings. The van der Waals surface area contributed by atoms with Crippen LogP contribution in [0.15, 0.2) is 11.6 Å². The number of hydrogen-bond donors (Lipinski definition) is 1. The van der Waals surface area contributed by atoms with Crippen molar-refractivity contribution in [2.75, 3.05) is 26.7 Å². The molecule has 0 aromatic rings. The molecule has 2 heteroatoms. The van der Waals surface area contributed by atoms with Crippen LogP contribution in [-0.2, 0) is 0 Å². The van der Waals surface area contributed by atoms with E-state index in [2.05, 4.69) is 44.1 Å².